The first-order valence-electron chi connectivity index (χ1n) is 4.93. The van der Waals surface area contributed by atoms with Crippen LogP contribution in [-0.4, -0.2) is 36.2 Å². The second-order valence-corrected chi connectivity index (χ2v) is 3.74. The Morgan fingerprint density at radius 2 is 2.15 bits per heavy atom. The van der Waals surface area contributed by atoms with Crippen molar-refractivity contribution in [2.45, 2.75) is 31.3 Å². The van der Waals surface area contributed by atoms with E-state index in [1.54, 1.807) is 0 Å². The molecule has 2 aliphatic heterocycles. The Balaban J connectivity index is 2.15. The molecule has 2 N–H and O–H groups in total. The minimum Gasteiger partial charge on any atom is -0.411 e. The van der Waals surface area contributed by atoms with Crippen LogP contribution in [-0.2, 0) is 4.74 Å². The Morgan fingerprint density at radius 3 is 2.85 bits per heavy atom. The Labute approximate surface area is 78.0 Å². The molecule has 2 fully saturated rings. The Hall–Kier alpha value is -0.610. The molecule has 0 aromatic rings. The van der Waals surface area contributed by atoms with E-state index in [1.807, 2.05) is 0 Å². The highest BCUT2D eigenvalue weighted by Crippen LogP contribution is 2.30. The van der Waals surface area contributed by atoms with E-state index < -0.39 is 0 Å². The maximum absolute atomic E-state index is 8.90. The zero-order valence-electron chi connectivity index (χ0n) is 7.75. The lowest BCUT2D eigenvalue weighted by Crippen LogP contribution is -2.52. The van der Waals surface area contributed by atoms with Crippen LogP contribution in [0.4, 0.5) is 0 Å². The highest BCUT2D eigenvalue weighted by molar-refractivity contribution is 5.92. The number of rotatable bonds is 0. The molecule has 2 rings (SSSR count). The van der Waals surface area contributed by atoms with Crippen LogP contribution >= 0.6 is 0 Å². The largest absolute Gasteiger partial charge is 0.411 e. The van der Waals surface area contributed by atoms with Gasteiger partial charge in [-0.25, -0.2) is 0 Å². The summed E-state index contributed by atoms with van der Waals surface area (Å²) in [4.78, 5) is 0. The Bertz CT molecular complexity index is 201. The van der Waals surface area contributed by atoms with E-state index in [4.69, 9.17) is 9.94 Å². The van der Waals surface area contributed by atoms with Gasteiger partial charge in [-0.05, 0) is 38.8 Å². The highest BCUT2D eigenvalue weighted by atomic mass is 16.5. The molecule has 2 heterocycles. The molecule has 0 amide bonds. The van der Waals surface area contributed by atoms with E-state index >= 15 is 0 Å². The summed E-state index contributed by atoms with van der Waals surface area (Å²) in [7, 11) is 0. The van der Waals surface area contributed by atoms with Gasteiger partial charge in [0.1, 0.15) is 5.60 Å². The predicted molar refractivity (Wildman–Crippen MR) is 49.2 cm³/mol. The average molecular weight is 184 g/mol. The summed E-state index contributed by atoms with van der Waals surface area (Å²) in [5.41, 5.74) is 0.610. The van der Waals surface area contributed by atoms with Crippen molar-refractivity contribution in [1.29, 1.82) is 0 Å². The van der Waals surface area contributed by atoms with Crippen LogP contribution in [0.3, 0.4) is 0 Å². The van der Waals surface area contributed by atoms with E-state index in [2.05, 4.69) is 10.5 Å². The summed E-state index contributed by atoms with van der Waals surface area (Å²) in [6.45, 7) is 2.72. The molecule has 0 bridgehead atoms. The van der Waals surface area contributed by atoms with Gasteiger partial charge in [-0.3, -0.25) is 0 Å². The summed E-state index contributed by atoms with van der Waals surface area (Å²) in [6, 6.07) is 0. The number of nitrogens with zero attached hydrogens (tertiary/aromatic N) is 1. The molecule has 0 radical (unpaired) electrons. The Morgan fingerprint density at radius 1 is 1.38 bits per heavy atom. The zero-order chi connectivity index (χ0) is 9.15. The zero-order valence-corrected chi connectivity index (χ0v) is 7.75. The third kappa shape index (κ3) is 1.56. The van der Waals surface area contributed by atoms with Crippen LogP contribution in [0.1, 0.15) is 25.7 Å². The topological polar surface area (TPSA) is 53.9 Å². The van der Waals surface area contributed by atoms with E-state index in [0.29, 0.717) is 0 Å². The van der Waals surface area contributed by atoms with Gasteiger partial charge in [0, 0.05) is 6.61 Å². The van der Waals surface area contributed by atoms with Gasteiger partial charge in [0.15, 0.2) is 0 Å². The lowest BCUT2D eigenvalue weighted by Gasteiger charge is -2.40. The lowest BCUT2D eigenvalue weighted by molar-refractivity contribution is -0.0295. The molecule has 0 atom stereocenters. The molecule has 2 saturated heterocycles. The molecule has 0 aromatic carbocycles. The van der Waals surface area contributed by atoms with Crippen molar-refractivity contribution in [1.82, 2.24) is 5.32 Å². The minimum atomic E-state index is -0.238. The van der Waals surface area contributed by atoms with Gasteiger partial charge < -0.3 is 15.3 Å². The first-order valence-corrected chi connectivity index (χ1v) is 4.93. The Kier molecular flexibility index (Phi) is 2.51. The summed E-state index contributed by atoms with van der Waals surface area (Å²) < 4.78 is 5.78. The molecule has 0 aromatic heterocycles. The van der Waals surface area contributed by atoms with E-state index in [9.17, 15) is 0 Å². The third-order valence-corrected chi connectivity index (χ3v) is 2.99. The van der Waals surface area contributed by atoms with Crippen molar-refractivity contribution in [3.8, 4) is 0 Å². The van der Waals surface area contributed by atoms with E-state index in [-0.39, 0.29) is 5.60 Å². The molecular formula is C9H16N2O2. The van der Waals surface area contributed by atoms with Crippen LogP contribution in [0.15, 0.2) is 5.16 Å². The van der Waals surface area contributed by atoms with Crippen molar-refractivity contribution in [3.05, 3.63) is 0 Å². The molecule has 4 nitrogen and oxygen atoms in total. The fraction of sp³-hybridized carbons (Fsp3) is 0.889. The molecule has 0 aliphatic carbocycles. The van der Waals surface area contributed by atoms with E-state index in [1.165, 1.54) is 0 Å². The summed E-state index contributed by atoms with van der Waals surface area (Å²) >= 11 is 0. The van der Waals surface area contributed by atoms with Crippen LogP contribution in [0.5, 0.6) is 0 Å². The first kappa shape index (κ1) is 8.97. The molecule has 1 spiro atoms. The van der Waals surface area contributed by atoms with E-state index in [0.717, 1.165) is 51.1 Å². The molecule has 4 heteroatoms. The van der Waals surface area contributed by atoms with Gasteiger partial charge in [-0.15, -0.1) is 0 Å². The number of hydrogen-bond donors (Lipinski definition) is 2. The van der Waals surface area contributed by atoms with Crippen molar-refractivity contribution in [3.63, 3.8) is 0 Å². The summed E-state index contributed by atoms with van der Waals surface area (Å²) in [6.07, 6.45) is 3.74. The van der Waals surface area contributed by atoms with Crippen molar-refractivity contribution >= 4 is 5.71 Å². The van der Waals surface area contributed by atoms with Crippen LogP contribution in [0.25, 0.3) is 0 Å². The molecule has 2 aliphatic rings. The number of ether oxygens (including phenoxy) is 1. The molecular weight excluding hydrogens is 168 g/mol. The first-order chi connectivity index (χ1) is 6.37. The summed E-state index contributed by atoms with van der Waals surface area (Å²) in [5.74, 6) is 0. The van der Waals surface area contributed by atoms with Gasteiger partial charge in [-0.1, -0.05) is 5.16 Å². The average Bonchev–Trinajstić information content (AvgIpc) is 2.20. The third-order valence-electron chi connectivity index (χ3n) is 2.99. The lowest BCUT2D eigenvalue weighted by atomic mass is 9.83. The van der Waals surface area contributed by atoms with Gasteiger partial charge in [0.05, 0.1) is 5.71 Å². The second-order valence-electron chi connectivity index (χ2n) is 3.74. The van der Waals surface area contributed by atoms with Gasteiger partial charge >= 0.3 is 0 Å². The van der Waals surface area contributed by atoms with Crippen molar-refractivity contribution in [2.24, 2.45) is 5.16 Å². The predicted octanol–water partition coefficient (Wildman–Crippen LogP) is 0.749. The monoisotopic (exact) mass is 184 g/mol. The summed E-state index contributed by atoms with van der Waals surface area (Å²) in [5, 5.41) is 15.6. The smallest absolute Gasteiger partial charge is 0.112 e. The fourth-order valence-electron chi connectivity index (χ4n) is 2.22. The standard InChI is InChI=1S/C9H16N2O2/c12-11-8-2-1-7-13-9(8)3-5-10-6-4-9/h10,12H,1-7H2/b11-8+. The maximum atomic E-state index is 8.90. The minimum absolute atomic E-state index is 0.238. The van der Waals surface area contributed by atoms with Crippen molar-refractivity contribution in [2.75, 3.05) is 19.7 Å². The quantitative estimate of drug-likeness (QED) is 0.431. The maximum Gasteiger partial charge on any atom is 0.112 e. The van der Waals surface area contributed by atoms with Crippen LogP contribution in [0, 0.1) is 0 Å². The normalized spacial score (nSPS) is 30.9. The van der Waals surface area contributed by atoms with Crippen molar-refractivity contribution < 1.29 is 9.94 Å². The van der Waals surface area contributed by atoms with Crippen LogP contribution < -0.4 is 5.32 Å². The highest BCUT2D eigenvalue weighted by Gasteiger charge is 2.40. The number of piperidine rings is 1. The van der Waals surface area contributed by atoms with Gasteiger partial charge in [0.2, 0.25) is 0 Å². The number of oxime groups is 1. The molecule has 13 heavy (non-hydrogen) atoms. The van der Waals surface area contributed by atoms with Crippen LogP contribution in [0.2, 0.25) is 0 Å². The molecule has 0 unspecified atom stereocenters. The number of hydrogen-bond acceptors (Lipinski definition) is 4. The molecule has 0 saturated carbocycles. The molecule has 74 valence electrons. The fourth-order valence-corrected chi connectivity index (χ4v) is 2.22. The van der Waals surface area contributed by atoms with Gasteiger partial charge in [-0.2, -0.15) is 0 Å². The SMILES string of the molecule is O/N=C1\CCCOC12CCNCC2. The number of nitrogens with one attached hydrogen (secondary N) is 1. The van der Waals surface area contributed by atoms with Gasteiger partial charge in [0.25, 0.3) is 0 Å². The second kappa shape index (κ2) is 3.64.